The molecule has 20 heavy (non-hydrogen) atoms. The summed E-state index contributed by atoms with van der Waals surface area (Å²) in [6, 6.07) is 4.53. The third kappa shape index (κ3) is 3.11. The molecule has 0 spiro atoms. The van der Waals surface area contributed by atoms with E-state index in [0.29, 0.717) is 6.04 Å². The normalized spacial score (nSPS) is 21.1. The van der Waals surface area contributed by atoms with Crippen molar-refractivity contribution in [2.24, 2.45) is 5.92 Å². The average molecular weight is 273 g/mol. The molecule has 1 amide bonds. The number of piperidine rings is 1. The molecule has 0 radical (unpaired) electrons. The van der Waals surface area contributed by atoms with Gasteiger partial charge in [0.1, 0.15) is 0 Å². The van der Waals surface area contributed by atoms with Crippen LogP contribution in [-0.2, 0) is 4.79 Å². The Hall–Kier alpha value is -1.58. The van der Waals surface area contributed by atoms with E-state index in [9.17, 15) is 4.79 Å². The van der Waals surface area contributed by atoms with E-state index in [1.54, 1.807) is 0 Å². The first-order valence-electron chi connectivity index (χ1n) is 7.78. The van der Waals surface area contributed by atoms with Crippen LogP contribution >= 0.6 is 0 Å². The number of hydrogen-bond donors (Lipinski definition) is 1. The van der Waals surface area contributed by atoms with E-state index < -0.39 is 0 Å². The predicted molar refractivity (Wildman–Crippen MR) is 79.6 cm³/mol. The van der Waals surface area contributed by atoms with Gasteiger partial charge >= 0.3 is 0 Å². The highest BCUT2D eigenvalue weighted by Crippen LogP contribution is 2.24. The van der Waals surface area contributed by atoms with Gasteiger partial charge in [0.25, 0.3) is 0 Å². The van der Waals surface area contributed by atoms with Gasteiger partial charge in [-0.15, -0.1) is 0 Å². The molecule has 2 heterocycles. The zero-order chi connectivity index (χ0) is 13.8. The van der Waals surface area contributed by atoms with Crippen molar-refractivity contribution in [2.75, 3.05) is 18.0 Å². The molecule has 0 atom stereocenters. The standard InChI is InChI=1S/C16H23N3O/c20-16(18-14-3-1-2-4-14)13-7-11-19(12-8-13)15-5-9-17-10-6-15/h5-6,9-10,13-14H,1-4,7-8,11-12H2,(H,18,20). The monoisotopic (exact) mass is 273 g/mol. The second-order valence-corrected chi connectivity index (χ2v) is 5.96. The Balaban J connectivity index is 1.49. The van der Waals surface area contributed by atoms with Gasteiger partial charge in [-0.25, -0.2) is 0 Å². The maximum Gasteiger partial charge on any atom is 0.223 e. The van der Waals surface area contributed by atoms with Crippen molar-refractivity contribution >= 4 is 11.6 Å². The molecule has 2 fully saturated rings. The Bertz CT molecular complexity index is 434. The molecule has 1 N–H and O–H groups in total. The molecule has 1 saturated heterocycles. The lowest BCUT2D eigenvalue weighted by molar-refractivity contribution is -0.126. The Morgan fingerprint density at radius 1 is 1.10 bits per heavy atom. The van der Waals surface area contributed by atoms with Crippen molar-refractivity contribution in [3.8, 4) is 0 Å². The summed E-state index contributed by atoms with van der Waals surface area (Å²) in [5.41, 5.74) is 1.22. The van der Waals surface area contributed by atoms with E-state index in [1.165, 1.54) is 31.4 Å². The first-order chi connectivity index (χ1) is 9.83. The van der Waals surface area contributed by atoms with Gasteiger partial charge in [-0.05, 0) is 37.8 Å². The second kappa shape index (κ2) is 6.25. The highest BCUT2D eigenvalue weighted by atomic mass is 16.1. The molecule has 108 valence electrons. The highest BCUT2D eigenvalue weighted by molar-refractivity contribution is 5.79. The molecule has 0 bridgehead atoms. The van der Waals surface area contributed by atoms with Crippen molar-refractivity contribution in [2.45, 2.75) is 44.6 Å². The van der Waals surface area contributed by atoms with Gasteiger partial charge in [-0.3, -0.25) is 9.78 Å². The Morgan fingerprint density at radius 3 is 2.40 bits per heavy atom. The van der Waals surface area contributed by atoms with E-state index >= 15 is 0 Å². The molecule has 1 aliphatic carbocycles. The molecule has 0 aromatic carbocycles. The van der Waals surface area contributed by atoms with E-state index in [-0.39, 0.29) is 11.8 Å². The second-order valence-electron chi connectivity index (χ2n) is 5.96. The maximum absolute atomic E-state index is 12.3. The first kappa shape index (κ1) is 13.4. The number of aromatic nitrogens is 1. The van der Waals surface area contributed by atoms with E-state index in [0.717, 1.165) is 25.9 Å². The molecular formula is C16H23N3O. The molecule has 1 aliphatic heterocycles. The third-order valence-corrected chi connectivity index (χ3v) is 4.60. The zero-order valence-electron chi connectivity index (χ0n) is 11.9. The molecule has 4 heteroatoms. The number of rotatable bonds is 3. The predicted octanol–water partition coefficient (Wildman–Crippen LogP) is 2.36. The lowest BCUT2D eigenvalue weighted by Gasteiger charge is -2.33. The number of carbonyl (C=O) groups is 1. The van der Waals surface area contributed by atoms with Crippen molar-refractivity contribution in [3.05, 3.63) is 24.5 Å². The Kier molecular flexibility index (Phi) is 4.19. The Labute approximate surface area is 120 Å². The molecule has 1 aromatic heterocycles. The van der Waals surface area contributed by atoms with Crippen LogP contribution in [0, 0.1) is 5.92 Å². The summed E-state index contributed by atoms with van der Waals surface area (Å²) in [5, 5.41) is 3.24. The minimum atomic E-state index is 0.202. The lowest BCUT2D eigenvalue weighted by atomic mass is 9.95. The summed E-state index contributed by atoms with van der Waals surface area (Å²) in [6.45, 7) is 1.93. The summed E-state index contributed by atoms with van der Waals surface area (Å²) >= 11 is 0. The first-order valence-corrected chi connectivity index (χ1v) is 7.78. The topological polar surface area (TPSA) is 45.2 Å². The number of nitrogens with one attached hydrogen (secondary N) is 1. The number of carbonyl (C=O) groups excluding carboxylic acids is 1. The van der Waals surface area contributed by atoms with Crippen molar-refractivity contribution in [3.63, 3.8) is 0 Å². The number of amides is 1. The van der Waals surface area contributed by atoms with Gasteiger partial charge in [0, 0.05) is 43.1 Å². The minimum absolute atomic E-state index is 0.202. The number of anilines is 1. The molecular weight excluding hydrogens is 250 g/mol. The molecule has 3 rings (SSSR count). The van der Waals surface area contributed by atoms with Crippen LogP contribution in [0.2, 0.25) is 0 Å². The summed E-state index contributed by atoms with van der Waals surface area (Å²) in [7, 11) is 0. The molecule has 1 aromatic rings. The van der Waals surface area contributed by atoms with Gasteiger partial charge in [0.15, 0.2) is 0 Å². The third-order valence-electron chi connectivity index (χ3n) is 4.60. The summed E-state index contributed by atoms with van der Waals surface area (Å²) in [6.07, 6.45) is 10.4. The van der Waals surface area contributed by atoms with Crippen LogP contribution in [0.25, 0.3) is 0 Å². The largest absolute Gasteiger partial charge is 0.371 e. The van der Waals surface area contributed by atoms with Crippen LogP contribution in [0.3, 0.4) is 0 Å². The molecule has 2 aliphatic rings. The average Bonchev–Trinajstić information content (AvgIpc) is 3.01. The van der Waals surface area contributed by atoms with E-state index in [1.807, 2.05) is 24.5 Å². The van der Waals surface area contributed by atoms with Crippen LogP contribution < -0.4 is 10.2 Å². The lowest BCUT2D eigenvalue weighted by Crippen LogP contribution is -2.43. The molecule has 0 unspecified atom stereocenters. The van der Waals surface area contributed by atoms with E-state index in [4.69, 9.17) is 0 Å². The van der Waals surface area contributed by atoms with Crippen LogP contribution in [0.5, 0.6) is 0 Å². The van der Waals surface area contributed by atoms with Crippen LogP contribution in [0.1, 0.15) is 38.5 Å². The van der Waals surface area contributed by atoms with Gasteiger partial charge in [-0.2, -0.15) is 0 Å². The quantitative estimate of drug-likeness (QED) is 0.919. The number of hydrogen-bond acceptors (Lipinski definition) is 3. The van der Waals surface area contributed by atoms with Crippen LogP contribution in [-0.4, -0.2) is 30.0 Å². The fraction of sp³-hybridized carbons (Fsp3) is 0.625. The van der Waals surface area contributed by atoms with Crippen molar-refractivity contribution < 1.29 is 4.79 Å². The van der Waals surface area contributed by atoms with Crippen LogP contribution in [0.4, 0.5) is 5.69 Å². The minimum Gasteiger partial charge on any atom is -0.371 e. The maximum atomic E-state index is 12.3. The van der Waals surface area contributed by atoms with Gasteiger partial charge in [0.05, 0.1) is 0 Å². The van der Waals surface area contributed by atoms with Crippen molar-refractivity contribution in [1.82, 2.24) is 10.3 Å². The molecule has 1 saturated carbocycles. The summed E-state index contributed by atoms with van der Waals surface area (Å²) in [5.74, 6) is 0.486. The highest BCUT2D eigenvalue weighted by Gasteiger charge is 2.27. The van der Waals surface area contributed by atoms with Gasteiger partial charge in [-0.1, -0.05) is 12.8 Å². The fourth-order valence-electron chi connectivity index (χ4n) is 3.34. The van der Waals surface area contributed by atoms with Crippen molar-refractivity contribution in [1.29, 1.82) is 0 Å². The van der Waals surface area contributed by atoms with Gasteiger partial charge < -0.3 is 10.2 Å². The van der Waals surface area contributed by atoms with Gasteiger partial charge in [0.2, 0.25) is 5.91 Å². The summed E-state index contributed by atoms with van der Waals surface area (Å²) in [4.78, 5) is 18.7. The Morgan fingerprint density at radius 2 is 1.75 bits per heavy atom. The van der Waals surface area contributed by atoms with Crippen LogP contribution in [0.15, 0.2) is 24.5 Å². The number of nitrogens with zero attached hydrogens (tertiary/aromatic N) is 2. The SMILES string of the molecule is O=C(NC1CCCC1)C1CCN(c2ccncc2)CC1. The zero-order valence-corrected chi connectivity index (χ0v) is 11.9. The summed E-state index contributed by atoms with van der Waals surface area (Å²) < 4.78 is 0. The van der Waals surface area contributed by atoms with E-state index in [2.05, 4.69) is 15.2 Å². The fourth-order valence-corrected chi connectivity index (χ4v) is 3.34. The smallest absolute Gasteiger partial charge is 0.223 e. The molecule has 4 nitrogen and oxygen atoms in total. The number of pyridine rings is 1.